The van der Waals surface area contributed by atoms with Gasteiger partial charge in [0.05, 0.1) is 18.8 Å². The molecule has 0 radical (unpaired) electrons. The van der Waals surface area contributed by atoms with Crippen molar-refractivity contribution in [1.82, 2.24) is 19.7 Å². The first-order valence-corrected chi connectivity index (χ1v) is 8.31. The highest BCUT2D eigenvalue weighted by molar-refractivity contribution is 5.67. The molecule has 0 aliphatic carbocycles. The second-order valence-corrected chi connectivity index (χ2v) is 5.89. The Bertz CT molecular complexity index is 1110. The third-order valence-electron chi connectivity index (χ3n) is 4.14. The molecule has 4 rings (SSSR count). The highest BCUT2D eigenvalue weighted by Gasteiger charge is 2.14. The zero-order valence-electron chi connectivity index (χ0n) is 14.2. The number of benzene rings is 2. The summed E-state index contributed by atoms with van der Waals surface area (Å²) in [6, 6.07) is 17.5. The molecule has 0 atom stereocenters. The third-order valence-corrected chi connectivity index (χ3v) is 4.14. The lowest BCUT2D eigenvalue weighted by Gasteiger charge is -2.08. The SMILES string of the molecule is [C-]#[N+]c1ccc(-c2cc(-c3ncccn3)nn2Cc2ccccc2F)cc1. The van der Waals surface area contributed by atoms with E-state index in [2.05, 4.69) is 19.9 Å². The molecule has 0 bridgehead atoms. The Morgan fingerprint density at radius 1 is 0.963 bits per heavy atom. The molecule has 0 saturated heterocycles. The zero-order chi connectivity index (χ0) is 18.6. The zero-order valence-corrected chi connectivity index (χ0v) is 14.2. The van der Waals surface area contributed by atoms with Crippen LogP contribution in [0.25, 0.3) is 27.6 Å². The van der Waals surface area contributed by atoms with Crippen molar-refractivity contribution in [3.8, 4) is 22.8 Å². The molecule has 130 valence electrons. The van der Waals surface area contributed by atoms with Gasteiger partial charge in [-0.05, 0) is 23.8 Å². The Morgan fingerprint density at radius 2 is 1.70 bits per heavy atom. The van der Waals surface area contributed by atoms with E-state index in [0.717, 1.165) is 11.3 Å². The minimum absolute atomic E-state index is 0.277. The van der Waals surface area contributed by atoms with E-state index in [0.29, 0.717) is 22.8 Å². The smallest absolute Gasteiger partial charge is 0.187 e. The molecule has 0 N–H and O–H groups in total. The van der Waals surface area contributed by atoms with E-state index >= 15 is 0 Å². The highest BCUT2D eigenvalue weighted by atomic mass is 19.1. The summed E-state index contributed by atoms with van der Waals surface area (Å²) in [5.74, 6) is 0.226. The van der Waals surface area contributed by atoms with Crippen molar-refractivity contribution >= 4 is 5.69 Å². The van der Waals surface area contributed by atoms with E-state index in [9.17, 15) is 4.39 Å². The minimum atomic E-state index is -0.278. The predicted octanol–water partition coefficient (Wildman–Crippen LogP) is 4.75. The van der Waals surface area contributed by atoms with Crippen molar-refractivity contribution in [2.75, 3.05) is 0 Å². The molecular weight excluding hydrogens is 341 g/mol. The van der Waals surface area contributed by atoms with Gasteiger partial charge in [0.25, 0.3) is 0 Å². The standard InChI is InChI=1S/C21H14FN5/c1-23-17-9-7-15(8-10-17)20-13-19(21-24-11-4-12-25-21)26-27(20)14-16-5-2-3-6-18(16)22/h2-13H,14H2. The Kier molecular flexibility index (Phi) is 4.42. The first kappa shape index (κ1) is 16.6. The summed E-state index contributed by atoms with van der Waals surface area (Å²) in [5, 5.41) is 4.60. The second-order valence-electron chi connectivity index (χ2n) is 5.89. The first-order valence-electron chi connectivity index (χ1n) is 8.31. The van der Waals surface area contributed by atoms with E-state index in [1.54, 1.807) is 53.5 Å². The summed E-state index contributed by atoms with van der Waals surface area (Å²) < 4.78 is 15.9. The summed E-state index contributed by atoms with van der Waals surface area (Å²) in [6.07, 6.45) is 3.31. The molecule has 2 heterocycles. The van der Waals surface area contributed by atoms with Gasteiger partial charge in [-0.15, -0.1) is 0 Å². The summed E-state index contributed by atoms with van der Waals surface area (Å²) in [7, 11) is 0. The average molecular weight is 355 g/mol. The maximum absolute atomic E-state index is 14.1. The van der Waals surface area contributed by atoms with Crippen LogP contribution in [0.1, 0.15) is 5.56 Å². The van der Waals surface area contributed by atoms with Crippen LogP contribution in [0.4, 0.5) is 10.1 Å². The van der Waals surface area contributed by atoms with Crippen LogP contribution in [0.3, 0.4) is 0 Å². The van der Waals surface area contributed by atoms with Crippen LogP contribution >= 0.6 is 0 Å². The highest BCUT2D eigenvalue weighted by Crippen LogP contribution is 2.27. The fourth-order valence-electron chi connectivity index (χ4n) is 2.81. The van der Waals surface area contributed by atoms with Gasteiger partial charge >= 0.3 is 0 Å². The number of aromatic nitrogens is 4. The summed E-state index contributed by atoms with van der Waals surface area (Å²) in [4.78, 5) is 11.9. The largest absolute Gasteiger partial charge is 0.260 e. The predicted molar refractivity (Wildman–Crippen MR) is 100 cm³/mol. The van der Waals surface area contributed by atoms with Gasteiger partial charge < -0.3 is 0 Å². The molecule has 27 heavy (non-hydrogen) atoms. The van der Waals surface area contributed by atoms with Crippen LogP contribution in [0.2, 0.25) is 0 Å². The molecular formula is C21H14FN5. The number of nitrogens with zero attached hydrogens (tertiary/aromatic N) is 5. The van der Waals surface area contributed by atoms with Gasteiger partial charge in [0, 0.05) is 18.0 Å². The van der Waals surface area contributed by atoms with Gasteiger partial charge in [-0.3, -0.25) is 4.68 Å². The number of hydrogen-bond donors (Lipinski definition) is 0. The maximum atomic E-state index is 14.1. The van der Waals surface area contributed by atoms with Crippen LogP contribution in [0.15, 0.2) is 73.1 Å². The lowest BCUT2D eigenvalue weighted by molar-refractivity contribution is 0.587. The van der Waals surface area contributed by atoms with Crippen molar-refractivity contribution in [2.45, 2.75) is 6.54 Å². The van der Waals surface area contributed by atoms with E-state index in [4.69, 9.17) is 6.57 Å². The topological polar surface area (TPSA) is 48.0 Å². The van der Waals surface area contributed by atoms with Crippen LogP contribution in [0, 0.1) is 12.4 Å². The number of rotatable bonds is 4. The molecule has 0 amide bonds. The van der Waals surface area contributed by atoms with Crippen molar-refractivity contribution in [3.63, 3.8) is 0 Å². The summed E-state index contributed by atoms with van der Waals surface area (Å²) in [5.41, 5.74) is 3.40. The lowest BCUT2D eigenvalue weighted by Crippen LogP contribution is -2.05. The summed E-state index contributed by atoms with van der Waals surface area (Å²) >= 11 is 0. The maximum Gasteiger partial charge on any atom is 0.187 e. The van der Waals surface area contributed by atoms with Crippen molar-refractivity contribution in [2.24, 2.45) is 0 Å². The summed E-state index contributed by atoms with van der Waals surface area (Å²) in [6.45, 7) is 7.38. The van der Waals surface area contributed by atoms with Crippen LogP contribution < -0.4 is 0 Å². The van der Waals surface area contributed by atoms with Crippen LogP contribution in [0.5, 0.6) is 0 Å². The lowest BCUT2D eigenvalue weighted by atomic mass is 10.1. The fourth-order valence-corrected chi connectivity index (χ4v) is 2.81. The Morgan fingerprint density at radius 3 is 2.41 bits per heavy atom. The van der Waals surface area contributed by atoms with E-state index < -0.39 is 0 Å². The monoisotopic (exact) mass is 355 g/mol. The second kappa shape index (κ2) is 7.18. The van der Waals surface area contributed by atoms with Crippen molar-refractivity contribution < 1.29 is 4.39 Å². The first-order chi connectivity index (χ1) is 13.2. The Hall–Kier alpha value is -3.85. The molecule has 0 aliphatic heterocycles. The van der Waals surface area contributed by atoms with Crippen LogP contribution in [-0.2, 0) is 6.54 Å². The molecule has 0 aliphatic rings. The van der Waals surface area contributed by atoms with Gasteiger partial charge in [0.2, 0.25) is 0 Å². The molecule has 6 heteroatoms. The Labute approximate surface area is 155 Å². The van der Waals surface area contributed by atoms with E-state index in [1.807, 2.05) is 18.2 Å². The third kappa shape index (κ3) is 3.44. The minimum Gasteiger partial charge on any atom is -0.260 e. The van der Waals surface area contributed by atoms with Gasteiger partial charge in [-0.25, -0.2) is 19.2 Å². The molecule has 0 unspecified atom stereocenters. The molecule has 5 nitrogen and oxygen atoms in total. The molecule has 0 fully saturated rings. The molecule has 4 aromatic rings. The van der Waals surface area contributed by atoms with Gasteiger partial charge in [-0.1, -0.05) is 42.5 Å². The molecule has 2 aromatic heterocycles. The van der Waals surface area contributed by atoms with E-state index in [1.165, 1.54) is 6.07 Å². The fraction of sp³-hybridized carbons (Fsp3) is 0.0476. The van der Waals surface area contributed by atoms with Crippen molar-refractivity contribution in [3.05, 3.63) is 95.9 Å². The van der Waals surface area contributed by atoms with Gasteiger partial charge in [0.15, 0.2) is 11.5 Å². The van der Waals surface area contributed by atoms with Crippen LogP contribution in [-0.4, -0.2) is 19.7 Å². The normalized spacial score (nSPS) is 10.5. The number of hydrogen-bond acceptors (Lipinski definition) is 3. The quantitative estimate of drug-likeness (QED) is 0.497. The van der Waals surface area contributed by atoms with E-state index in [-0.39, 0.29) is 12.4 Å². The average Bonchev–Trinajstić information content (AvgIpc) is 3.14. The number of halogens is 1. The molecule has 0 spiro atoms. The van der Waals surface area contributed by atoms with Gasteiger partial charge in [-0.2, -0.15) is 5.10 Å². The van der Waals surface area contributed by atoms with Crippen molar-refractivity contribution in [1.29, 1.82) is 0 Å². The molecule has 0 saturated carbocycles. The molecule has 2 aromatic carbocycles. The Balaban J connectivity index is 1.81. The van der Waals surface area contributed by atoms with Gasteiger partial charge in [0.1, 0.15) is 11.5 Å².